The highest BCUT2D eigenvalue weighted by atomic mass is 16.6. The summed E-state index contributed by atoms with van der Waals surface area (Å²) in [6.45, 7) is 4.22. The van der Waals surface area contributed by atoms with Gasteiger partial charge in [-0.25, -0.2) is 0 Å². The summed E-state index contributed by atoms with van der Waals surface area (Å²) < 4.78 is 14.2. The van der Waals surface area contributed by atoms with Crippen molar-refractivity contribution in [3.63, 3.8) is 0 Å². The summed E-state index contributed by atoms with van der Waals surface area (Å²) in [5, 5.41) is 0. The van der Waals surface area contributed by atoms with Crippen LogP contribution in [0.15, 0.2) is 0 Å². The van der Waals surface area contributed by atoms with E-state index < -0.39 is 24.0 Å². The second kappa shape index (κ2) is 7.67. The first-order valence-electron chi connectivity index (χ1n) is 4.91. The molecule has 0 bridgehead atoms. The summed E-state index contributed by atoms with van der Waals surface area (Å²) in [5.74, 6) is -1.54. The Bertz CT molecular complexity index is 260. The summed E-state index contributed by atoms with van der Waals surface area (Å²) >= 11 is 0. The topological polar surface area (TPSA) is 78.9 Å². The molecule has 0 saturated heterocycles. The van der Waals surface area contributed by atoms with E-state index in [2.05, 4.69) is 4.74 Å². The highest BCUT2D eigenvalue weighted by Crippen LogP contribution is 2.02. The lowest BCUT2D eigenvalue weighted by atomic mass is 10.2. The van der Waals surface area contributed by atoms with Gasteiger partial charge in [-0.1, -0.05) is 0 Å². The van der Waals surface area contributed by atoms with Crippen molar-refractivity contribution in [3.05, 3.63) is 0 Å². The summed E-state index contributed by atoms with van der Waals surface area (Å²) in [6.07, 6.45) is -0.916. The first kappa shape index (κ1) is 14.4. The van der Waals surface area contributed by atoms with Gasteiger partial charge in [-0.3, -0.25) is 14.4 Å². The molecule has 0 spiro atoms. The van der Waals surface area contributed by atoms with E-state index in [0.29, 0.717) is 0 Å². The van der Waals surface area contributed by atoms with E-state index in [1.165, 1.54) is 13.8 Å². The van der Waals surface area contributed by atoms with Crippen LogP contribution in [-0.4, -0.2) is 37.2 Å². The molecule has 0 radical (unpaired) electrons. The van der Waals surface area contributed by atoms with Gasteiger partial charge in [0.1, 0.15) is 12.7 Å². The minimum Gasteiger partial charge on any atom is -0.466 e. The number of esters is 3. The molecule has 6 heteroatoms. The quantitative estimate of drug-likeness (QED) is 0.488. The maximum Gasteiger partial charge on any atom is 0.309 e. The van der Waals surface area contributed by atoms with Gasteiger partial charge in [0, 0.05) is 13.8 Å². The van der Waals surface area contributed by atoms with Gasteiger partial charge in [0.25, 0.3) is 0 Å². The van der Waals surface area contributed by atoms with Crippen LogP contribution in [-0.2, 0) is 28.6 Å². The monoisotopic (exact) mass is 232 g/mol. The largest absolute Gasteiger partial charge is 0.466 e. The van der Waals surface area contributed by atoms with Crippen molar-refractivity contribution in [1.29, 1.82) is 0 Å². The number of rotatable bonds is 6. The van der Waals surface area contributed by atoms with Crippen LogP contribution in [0.4, 0.5) is 0 Å². The normalized spacial score (nSPS) is 11.4. The van der Waals surface area contributed by atoms with Crippen LogP contribution in [0.1, 0.15) is 27.2 Å². The molecule has 0 aliphatic rings. The summed E-state index contributed by atoms with van der Waals surface area (Å²) in [7, 11) is 0. The van der Waals surface area contributed by atoms with Crippen molar-refractivity contribution in [2.75, 3.05) is 13.2 Å². The van der Waals surface area contributed by atoms with Gasteiger partial charge in [-0.2, -0.15) is 0 Å². The van der Waals surface area contributed by atoms with Crippen LogP contribution >= 0.6 is 0 Å². The van der Waals surface area contributed by atoms with Gasteiger partial charge >= 0.3 is 17.9 Å². The highest BCUT2D eigenvalue weighted by molar-refractivity contribution is 5.71. The lowest BCUT2D eigenvalue weighted by molar-refractivity contribution is -0.161. The summed E-state index contributed by atoms with van der Waals surface area (Å²) in [4.78, 5) is 32.4. The van der Waals surface area contributed by atoms with Gasteiger partial charge in [-0.05, 0) is 6.92 Å². The Balaban J connectivity index is 4.13. The zero-order valence-electron chi connectivity index (χ0n) is 9.65. The van der Waals surface area contributed by atoms with Crippen molar-refractivity contribution in [2.45, 2.75) is 33.3 Å². The maximum absolute atomic E-state index is 11.1. The van der Waals surface area contributed by atoms with E-state index in [-0.39, 0.29) is 19.6 Å². The van der Waals surface area contributed by atoms with E-state index in [4.69, 9.17) is 9.47 Å². The molecule has 0 aliphatic heterocycles. The Labute approximate surface area is 93.8 Å². The van der Waals surface area contributed by atoms with Crippen LogP contribution in [0.2, 0.25) is 0 Å². The third-order valence-corrected chi connectivity index (χ3v) is 1.50. The molecular weight excluding hydrogens is 216 g/mol. The minimum atomic E-state index is -0.791. The molecule has 6 nitrogen and oxygen atoms in total. The molecule has 1 unspecified atom stereocenters. The van der Waals surface area contributed by atoms with Crippen molar-refractivity contribution in [2.24, 2.45) is 0 Å². The molecule has 0 N–H and O–H groups in total. The first-order chi connectivity index (χ1) is 7.45. The molecule has 0 fully saturated rings. The van der Waals surface area contributed by atoms with E-state index in [1.807, 2.05) is 0 Å². The summed E-state index contributed by atoms with van der Waals surface area (Å²) in [6, 6.07) is 0. The van der Waals surface area contributed by atoms with Crippen molar-refractivity contribution in [1.82, 2.24) is 0 Å². The molecule has 0 saturated carbocycles. The Morgan fingerprint density at radius 3 is 2.12 bits per heavy atom. The Hall–Kier alpha value is -1.59. The van der Waals surface area contributed by atoms with Crippen molar-refractivity contribution in [3.8, 4) is 0 Å². The Kier molecular flexibility index (Phi) is 6.91. The van der Waals surface area contributed by atoms with Gasteiger partial charge in [0.2, 0.25) is 0 Å². The molecule has 0 aromatic rings. The lowest BCUT2D eigenvalue weighted by Gasteiger charge is -2.15. The number of carbonyl (C=O) groups excluding carboxylic acids is 3. The molecule has 0 amide bonds. The van der Waals surface area contributed by atoms with Gasteiger partial charge in [-0.15, -0.1) is 0 Å². The number of carbonyl (C=O) groups is 3. The zero-order valence-corrected chi connectivity index (χ0v) is 9.65. The molecule has 16 heavy (non-hydrogen) atoms. The third-order valence-electron chi connectivity index (χ3n) is 1.50. The van der Waals surface area contributed by atoms with Crippen LogP contribution in [0, 0.1) is 0 Å². The lowest BCUT2D eigenvalue weighted by Crippen LogP contribution is -2.27. The Morgan fingerprint density at radius 2 is 1.69 bits per heavy atom. The van der Waals surface area contributed by atoms with Crippen LogP contribution in [0.3, 0.4) is 0 Å². The molecule has 92 valence electrons. The van der Waals surface area contributed by atoms with Crippen molar-refractivity contribution >= 4 is 17.9 Å². The molecule has 0 aromatic carbocycles. The van der Waals surface area contributed by atoms with Crippen LogP contribution in [0.5, 0.6) is 0 Å². The van der Waals surface area contributed by atoms with Crippen LogP contribution in [0.25, 0.3) is 0 Å². The molecule has 0 aliphatic carbocycles. The molecule has 0 heterocycles. The highest BCUT2D eigenvalue weighted by Gasteiger charge is 2.19. The first-order valence-corrected chi connectivity index (χ1v) is 4.91. The van der Waals surface area contributed by atoms with E-state index in [1.54, 1.807) is 6.92 Å². The fraction of sp³-hybridized carbons (Fsp3) is 0.700. The average Bonchev–Trinajstić information content (AvgIpc) is 2.13. The molecule has 0 aromatic heterocycles. The number of hydrogen-bond donors (Lipinski definition) is 0. The van der Waals surface area contributed by atoms with Crippen LogP contribution < -0.4 is 0 Å². The number of ether oxygens (including phenoxy) is 3. The van der Waals surface area contributed by atoms with E-state index in [0.717, 1.165) is 0 Å². The summed E-state index contributed by atoms with van der Waals surface area (Å²) in [5.41, 5.74) is 0. The zero-order chi connectivity index (χ0) is 12.6. The third kappa shape index (κ3) is 7.78. The fourth-order valence-corrected chi connectivity index (χ4v) is 0.985. The van der Waals surface area contributed by atoms with Gasteiger partial charge in [0.05, 0.1) is 13.0 Å². The second-order valence-electron chi connectivity index (χ2n) is 3.04. The second-order valence-corrected chi connectivity index (χ2v) is 3.04. The predicted molar refractivity (Wildman–Crippen MR) is 53.4 cm³/mol. The number of hydrogen-bond acceptors (Lipinski definition) is 6. The molecular formula is C10H16O6. The molecule has 1 atom stereocenters. The smallest absolute Gasteiger partial charge is 0.309 e. The predicted octanol–water partition coefficient (Wildman–Crippen LogP) is 0.434. The van der Waals surface area contributed by atoms with Crippen molar-refractivity contribution < 1.29 is 28.6 Å². The van der Waals surface area contributed by atoms with Gasteiger partial charge in [0.15, 0.2) is 0 Å². The Morgan fingerprint density at radius 1 is 1.06 bits per heavy atom. The van der Waals surface area contributed by atoms with E-state index in [9.17, 15) is 14.4 Å². The fourth-order valence-electron chi connectivity index (χ4n) is 0.985. The standard InChI is InChI=1S/C10H16O6/c1-4-14-10(13)5-9(16-8(3)12)6-15-7(2)11/h9H,4-6H2,1-3H3. The molecule has 0 rings (SSSR count). The average molecular weight is 232 g/mol. The van der Waals surface area contributed by atoms with Gasteiger partial charge < -0.3 is 14.2 Å². The SMILES string of the molecule is CCOC(=O)CC(COC(C)=O)OC(C)=O. The maximum atomic E-state index is 11.1. The van der Waals surface area contributed by atoms with E-state index >= 15 is 0 Å². The minimum absolute atomic E-state index is 0.124.